The lowest BCUT2D eigenvalue weighted by atomic mass is 9.96. The van der Waals surface area contributed by atoms with Crippen LogP contribution in [0, 0.1) is 5.92 Å². The first-order valence-electron chi connectivity index (χ1n) is 11.5. The maximum Gasteiger partial charge on any atom is 0.121 e. The topological polar surface area (TPSA) is 56.1 Å². The lowest BCUT2D eigenvalue weighted by Crippen LogP contribution is -2.17. The number of rotatable bonds is 5. The third-order valence-corrected chi connectivity index (χ3v) is 6.71. The van der Waals surface area contributed by atoms with Crippen LogP contribution in [0.5, 0.6) is 5.75 Å². The highest BCUT2D eigenvalue weighted by Crippen LogP contribution is 2.40. The summed E-state index contributed by atoms with van der Waals surface area (Å²) in [7, 11) is 2.17. The lowest BCUT2D eigenvalue weighted by molar-refractivity contribution is 0.249. The maximum atomic E-state index is 6.15. The van der Waals surface area contributed by atoms with Gasteiger partial charge in [-0.15, -0.1) is 0 Å². The summed E-state index contributed by atoms with van der Waals surface area (Å²) in [6, 6.07) is 14.4. The van der Waals surface area contributed by atoms with Crippen LogP contribution in [0.3, 0.4) is 0 Å². The molecule has 1 aromatic carbocycles. The number of nitrogens with zero attached hydrogens (tertiary/aromatic N) is 5. The van der Waals surface area contributed by atoms with Gasteiger partial charge in [0.25, 0.3) is 0 Å². The molecule has 1 fully saturated rings. The van der Waals surface area contributed by atoms with Crippen molar-refractivity contribution in [1.82, 2.24) is 24.6 Å². The molecule has 162 valence electrons. The summed E-state index contributed by atoms with van der Waals surface area (Å²) in [5.41, 5.74) is 6.48. The minimum atomic E-state index is 0.603. The molecule has 0 amide bonds. The number of hydrogen-bond acceptors (Lipinski definition) is 5. The third-order valence-electron chi connectivity index (χ3n) is 6.71. The second kappa shape index (κ2) is 8.02. The van der Waals surface area contributed by atoms with Gasteiger partial charge in [-0.2, -0.15) is 5.10 Å². The third kappa shape index (κ3) is 3.45. The van der Waals surface area contributed by atoms with Crippen molar-refractivity contribution >= 4 is 10.9 Å². The van der Waals surface area contributed by atoms with Crippen LogP contribution in [0.15, 0.2) is 54.9 Å². The number of ether oxygens (including phenoxy) is 1. The van der Waals surface area contributed by atoms with Gasteiger partial charge >= 0.3 is 0 Å². The molecule has 6 heteroatoms. The van der Waals surface area contributed by atoms with Gasteiger partial charge in [-0.3, -0.25) is 14.6 Å². The average molecular weight is 426 g/mol. The van der Waals surface area contributed by atoms with Crippen molar-refractivity contribution in [2.45, 2.75) is 25.8 Å². The molecule has 0 spiro atoms. The van der Waals surface area contributed by atoms with E-state index >= 15 is 0 Å². The van der Waals surface area contributed by atoms with Crippen LogP contribution in [0.1, 0.15) is 18.5 Å². The summed E-state index contributed by atoms with van der Waals surface area (Å²) in [6.45, 7) is 3.99. The fourth-order valence-corrected chi connectivity index (χ4v) is 5.11. The van der Waals surface area contributed by atoms with Crippen LogP contribution in [-0.4, -0.2) is 51.4 Å². The van der Waals surface area contributed by atoms with Crippen LogP contribution in [0.4, 0.5) is 0 Å². The molecule has 0 bridgehead atoms. The molecule has 0 aliphatic carbocycles. The van der Waals surface area contributed by atoms with Gasteiger partial charge in [0.15, 0.2) is 0 Å². The molecule has 3 aromatic heterocycles. The minimum absolute atomic E-state index is 0.603. The molecule has 2 aliphatic rings. The Balaban J connectivity index is 1.39. The van der Waals surface area contributed by atoms with Gasteiger partial charge in [-0.25, -0.2) is 0 Å². The van der Waals surface area contributed by atoms with E-state index in [1.54, 1.807) is 0 Å². The van der Waals surface area contributed by atoms with Gasteiger partial charge in [0, 0.05) is 54.1 Å². The Morgan fingerprint density at radius 3 is 2.88 bits per heavy atom. The number of fused-ring (bicyclic) bond motifs is 2. The summed E-state index contributed by atoms with van der Waals surface area (Å²) in [5, 5.41) is 6.07. The number of pyridine rings is 2. The van der Waals surface area contributed by atoms with E-state index in [0.29, 0.717) is 5.92 Å². The molecule has 6 nitrogen and oxygen atoms in total. The highest BCUT2D eigenvalue weighted by molar-refractivity contribution is 5.99. The van der Waals surface area contributed by atoms with Crippen LogP contribution in [0.25, 0.3) is 33.4 Å². The second-order valence-corrected chi connectivity index (χ2v) is 8.98. The average Bonchev–Trinajstić information content (AvgIpc) is 3.54. The number of aromatic nitrogens is 4. The second-order valence-electron chi connectivity index (χ2n) is 8.98. The summed E-state index contributed by atoms with van der Waals surface area (Å²) < 4.78 is 8.31. The fraction of sp³-hybridized carbons (Fsp3) is 0.346. The fourth-order valence-electron chi connectivity index (χ4n) is 5.11. The van der Waals surface area contributed by atoms with E-state index in [2.05, 4.69) is 50.9 Å². The van der Waals surface area contributed by atoms with Gasteiger partial charge in [0.1, 0.15) is 11.4 Å². The summed E-state index contributed by atoms with van der Waals surface area (Å²) >= 11 is 0. The molecule has 6 rings (SSSR count). The van der Waals surface area contributed by atoms with Gasteiger partial charge in [0.05, 0.1) is 17.8 Å². The zero-order chi connectivity index (χ0) is 21.5. The Hall–Kier alpha value is -3.25. The van der Waals surface area contributed by atoms with Gasteiger partial charge in [-0.1, -0.05) is 6.07 Å². The molecule has 5 heterocycles. The first kappa shape index (κ1) is 19.4. The van der Waals surface area contributed by atoms with Gasteiger partial charge in [0.2, 0.25) is 0 Å². The van der Waals surface area contributed by atoms with Gasteiger partial charge in [-0.05, 0) is 68.8 Å². The molecule has 32 heavy (non-hydrogen) atoms. The Labute approximate surface area is 187 Å². The Morgan fingerprint density at radius 1 is 1.06 bits per heavy atom. The Kier molecular flexibility index (Phi) is 4.87. The quantitative estimate of drug-likeness (QED) is 0.473. The summed E-state index contributed by atoms with van der Waals surface area (Å²) in [5.74, 6) is 1.49. The van der Waals surface area contributed by atoms with E-state index in [-0.39, 0.29) is 0 Å². The van der Waals surface area contributed by atoms with Crippen molar-refractivity contribution in [2.24, 2.45) is 5.92 Å². The molecular weight excluding hydrogens is 398 g/mol. The van der Waals surface area contributed by atoms with E-state index in [1.807, 2.05) is 30.6 Å². The Bertz CT molecular complexity index is 1270. The highest BCUT2D eigenvalue weighted by Gasteiger charge is 2.25. The van der Waals surface area contributed by atoms with E-state index in [4.69, 9.17) is 9.84 Å². The van der Waals surface area contributed by atoms with Crippen molar-refractivity contribution in [1.29, 1.82) is 0 Å². The van der Waals surface area contributed by atoms with Crippen molar-refractivity contribution in [2.75, 3.05) is 26.7 Å². The zero-order valence-electron chi connectivity index (χ0n) is 18.4. The molecule has 2 aliphatic heterocycles. The maximum absolute atomic E-state index is 6.15. The predicted molar refractivity (Wildman–Crippen MR) is 126 cm³/mol. The van der Waals surface area contributed by atoms with Crippen LogP contribution in [-0.2, 0) is 13.0 Å². The smallest absolute Gasteiger partial charge is 0.121 e. The van der Waals surface area contributed by atoms with E-state index in [9.17, 15) is 0 Å². The SMILES string of the molecule is CN1CCC(COc2ccc3c(-c4c(-c5ccccn5)nn5c4CCC5)ccnc3c2)C1. The van der Waals surface area contributed by atoms with Gasteiger partial charge < -0.3 is 9.64 Å². The standard InChI is InChI=1S/C26H27N5O/c1-30-14-10-18(16-30)17-32-19-7-8-20-21(9-12-28-23(20)15-19)25-24-6-4-13-31(24)29-26(25)22-5-2-3-11-27-22/h2-3,5,7-9,11-12,15,18H,4,6,10,13-14,16-17H2,1H3. The number of likely N-dealkylation sites (tertiary alicyclic amines) is 1. The largest absolute Gasteiger partial charge is 0.493 e. The van der Waals surface area contributed by atoms with Crippen LogP contribution < -0.4 is 4.74 Å². The van der Waals surface area contributed by atoms with E-state index < -0.39 is 0 Å². The van der Waals surface area contributed by atoms with Crippen molar-refractivity contribution in [3.05, 3.63) is 60.6 Å². The predicted octanol–water partition coefficient (Wildman–Crippen LogP) is 4.44. The molecule has 1 unspecified atom stereocenters. The normalized spacial score (nSPS) is 18.3. The molecular formula is C26H27N5O. The zero-order valence-corrected chi connectivity index (χ0v) is 18.4. The van der Waals surface area contributed by atoms with E-state index in [0.717, 1.165) is 67.1 Å². The molecule has 0 saturated carbocycles. The molecule has 1 saturated heterocycles. The number of hydrogen-bond donors (Lipinski definition) is 0. The number of benzene rings is 1. The Morgan fingerprint density at radius 2 is 2.03 bits per heavy atom. The monoisotopic (exact) mass is 425 g/mol. The van der Waals surface area contributed by atoms with Crippen molar-refractivity contribution in [3.63, 3.8) is 0 Å². The van der Waals surface area contributed by atoms with Crippen LogP contribution in [0.2, 0.25) is 0 Å². The minimum Gasteiger partial charge on any atom is -0.493 e. The van der Waals surface area contributed by atoms with Crippen LogP contribution >= 0.6 is 0 Å². The highest BCUT2D eigenvalue weighted by atomic mass is 16.5. The first-order chi connectivity index (χ1) is 15.8. The first-order valence-corrected chi connectivity index (χ1v) is 11.5. The van der Waals surface area contributed by atoms with Crippen molar-refractivity contribution in [3.8, 4) is 28.3 Å². The summed E-state index contributed by atoms with van der Waals surface area (Å²) in [6.07, 6.45) is 7.11. The molecule has 1 atom stereocenters. The lowest BCUT2D eigenvalue weighted by Gasteiger charge is -2.13. The molecule has 0 N–H and O–H groups in total. The van der Waals surface area contributed by atoms with E-state index in [1.165, 1.54) is 23.2 Å². The van der Waals surface area contributed by atoms with Crippen molar-refractivity contribution < 1.29 is 4.74 Å². The summed E-state index contributed by atoms with van der Waals surface area (Å²) in [4.78, 5) is 11.6. The molecule has 0 radical (unpaired) electrons. The number of aryl methyl sites for hydroxylation is 1. The molecule has 4 aromatic rings.